The lowest BCUT2D eigenvalue weighted by Crippen LogP contribution is -2.32. The second kappa shape index (κ2) is 9.09. The van der Waals surface area contributed by atoms with Crippen molar-refractivity contribution in [3.63, 3.8) is 0 Å². The van der Waals surface area contributed by atoms with E-state index < -0.39 is 6.10 Å². The molecule has 0 aromatic heterocycles. The zero-order chi connectivity index (χ0) is 18.4. The maximum absolute atomic E-state index is 10.5. The molecule has 0 aliphatic rings. The lowest BCUT2D eigenvalue weighted by Gasteiger charge is -2.21. The fourth-order valence-corrected chi connectivity index (χ4v) is 4.23. The van der Waals surface area contributed by atoms with Gasteiger partial charge in [0.15, 0.2) is 0 Å². The summed E-state index contributed by atoms with van der Waals surface area (Å²) in [4.78, 5) is 0. The topological polar surface area (TPSA) is 32.3 Å². The quantitative estimate of drug-likeness (QED) is 0.600. The van der Waals surface area contributed by atoms with Crippen LogP contribution in [-0.4, -0.2) is 17.4 Å². The van der Waals surface area contributed by atoms with Gasteiger partial charge in [-0.2, -0.15) is 0 Å². The standard InChI is InChI=1S/C23H26NOP/c1-17-12-14-19(15-13-17)21-10-6-7-11-22(21)26-16-24-18(2)23(25)20-8-4-3-5-9-20/h3-15,18,23-26H,16H2,1-2H3/t18-,23-/m0/s1. The minimum atomic E-state index is -0.492. The number of nitrogens with one attached hydrogen (secondary N) is 1. The van der Waals surface area contributed by atoms with Gasteiger partial charge in [-0.1, -0.05) is 93.0 Å². The molecule has 0 amide bonds. The summed E-state index contributed by atoms with van der Waals surface area (Å²) in [5, 5.41) is 15.3. The monoisotopic (exact) mass is 363 g/mol. The van der Waals surface area contributed by atoms with Crippen LogP contribution < -0.4 is 10.6 Å². The molecule has 1 unspecified atom stereocenters. The first-order valence-corrected chi connectivity index (χ1v) is 10.2. The number of aliphatic hydroxyl groups is 1. The third kappa shape index (κ3) is 4.80. The highest BCUT2D eigenvalue weighted by atomic mass is 31.1. The Morgan fingerprint density at radius 3 is 2.27 bits per heavy atom. The molecule has 0 radical (unpaired) electrons. The summed E-state index contributed by atoms with van der Waals surface area (Å²) < 4.78 is 0. The van der Waals surface area contributed by atoms with Crippen LogP contribution in [-0.2, 0) is 0 Å². The first-order valence-electron chi connectivity index (χ1n) is 9.01. The highest BCUT2D eigenvalue weighted by Crippen LogP contribution is 2.24. The number of aliphatic hydroxyl groups excluding tert-OH is 1. The first kappa shape index (κ1) is 18.8. The van der Waals surface area contributed by atoms with Crippen molar-refractivity contribution >= 4 is 13.9 Å². The second-order valence-corrected chi connectivity index (χ2v) is 7.86. The van der Waals surface area contributed by atoms with Gasteiger partial charge in [-0.05, 0) is 35.8 Å². The van der Waals surface area contributed by atoms with E-state index in [0.717, 1.165) is 11.8 Å². The summed E-state index contributed by atoms with van der Waals surface area (Å²) in [5.74, 6) is 0. The van der Waals surface area contributed by atoms with Crippen LogP contribution in [0, 0.1) is 6.92 Å². The van der Waals surface area contributed by atoms with E-state index in [9.17, 15) is 5.11 Å². The SMILES string of the molecule is Cc1ccc(-c2ccccc2PCN[C@@H](C)[C@H](O)c2ccccc2)cc1. The van der Waals surface area contributed by atoms with Crippen molar-refractivity contribution in [2.75, 3.05) is 6.29 Å². The van der Waals surface area contributed by atoms with Gasteiger partial charge in [-0.3, -0.25) is 0 Å². The minimum absolute atomic E-state index is 0.0106. The summed E-state index contributed by atoms with van der Waals surface area (Å²) in [6.07, 6.45) is 0.363. The van der Waals surface area contributed by atoms with Crippen molar-refractivity contribution in [2.45, 2.75) is 26.0 Å². The van der Waals surface area contributed by atoms with Crippen molar-refractivity contribution in [2.24, 2.45) is 0 Å². The van der Waals surface area contributed by atoms with Gasteiger partial charge in [0.05, 0.1) is 6.10 Å². The summed E-state index contributed by atoms with van der Waals surface area (Å²) in [5.41, 5.74) is 4.79. The van der Waals surface area contributed by atoms with E-state index in [4.69, 9.17) is 0 Å². The lowest BCUT2D eigenvalue weighted by atomic mass is 10.0. The van der Waals surface area contributed by atoms with Crippen molar-refractivity contribution in [3.05, 3.63) is 90.0 Å². The van der Waals surface area contributed by atoms with E-state index in [0.29, 0.717) is 8.58 Å². The molecule has 134 valence electrons. The number of aryl methyl sites for hydroxylation is 1. The Labute approximate surface area is 158 Å². The molecule has 3 aromatic rings. The third-order valence-corrected chi connectivity index (χ3v) is 5.81. The van der Waals surface area contributed by atoms with Gasteiger partial charge in [0.25, 0.3) is 0 Å². The highest BCUT2D eigenvalue weighted by molar-refractivity contribution is 7.47. The maximum atomic E-state index is 10.5. The smallest absolute Gasteiger partial charge is 0.0940 e. The van der Waals surface area contributed by atoms with E-state index in [1.807, 2.05) is 37.3 Å². The molecule has 0 saturated heterocycles. The third-order valence-electron chi connectivity index (χ3n) is 4.61. The lowest BCUT2D eigenvalue weighted by molar-refractivity contribution is 0.139. The second-order valence-electron chi connectivity index (χ2n) is 6.61. The summed E-state index contributed by atoms with van der Waals surface area (Å²) in [7, 11) is 0.647. The predicted molar refractivity (Wildman–Crippen MR) is 113 cm³/mol. The van der Waals surface area contributed by atoms with E-state index in [1.165, 1.54) is 22.0 Å². The number of hydrogen-bond acceptors (Lipinski definition) is 2. The molecule has 0 spiro atoms. The number of benzene rings is 3. The molecule has 26 heavy (non-hydrogen) atoms. The zero-order valence-corrected chi connectivity index (χ0v) is 16.3. The van der Waals surface area contributed by atoms with Gasteiger partial charge < -0.3 is 10.4 Å². The fourth-order valence-electron chi connectivity index (χ4n) is 2.98. The molecule has 2 nitrogen and oxygen atoms in total. The average molecular weight is 363 g/mol. The molecular formula is C23H26NOP. The Hall–Kier alpha value is -1.99. The van der Waals surface area contributed by atoms with Crippen LogP contribution in [0.15, 0.2) is 78.9 Å². The van der Waals surface area contributed by atoms with Gasteiger partial charge in [0, 0.05) is 12.3 Å². The van der Waals surface area contributed by atoms with E-state index >= 15 is 0 Å². The Bertz CT molecular complexity index is 817. The average Bonchev–Trinajstić information content (AvgIpc) is 2.69. The van der Waals surface area contributed by atoms with Crippen molar-refractivity contribution in [3.8, 4) is 11.1 Å². The van der Waals surface area contributed by atoms with Crippen LogP contribution in [0.4, 0.5) is 0 Å². The van der Waals surface area contributed by atoms with E-state index in [-0.39, 0.29) is 6.04 Å². The van der Waals surface area contributed by atoms with Gasteiger partial charge in [0.1, 0.15) is 0 Å². The number of rotatable bonds is 7. The summed E-state index contributed by atoms with van der Waals surface area (Å²) >= 11 is 0. The van der Waals surface area contributed by atoms with Gasteiger partial charge in [-0.15, -0.1) is 0 Å². The van der Waals surface area contributed by atoms with Crippen LogP contribution in [0.2, 0.25) is 0 Å². The van der Waals surface area contributed by atoms with Crippen LogP contribution in [0.25, 0.3) is 11.1 Å². The Balaban J connectivity index is 1.62. The Kier molecular flexibility index (Phi) is 6.57. The van der Waals surface area contributed by atoms with Crippen molar-refractivity contribution in [1.82, 2.24) is 5.32 Å². The van der Waals surface area contributed by atoms with Gasteiger partial charge >= 0.3 is 0 Å². The summed E-state index contributed by atoms with van der Waals surface area (Å²) in [6.45, 7) is 4.15. The first-order chi connectivity index (χ1) is 12.6. The van der Waals surface area contributed by atoms with Crippen molar-refractivity contribution in [1.29, 1.82) is 0 Å². The Morgan fingerprint density at radius 2 is 1.54 bits per heavy atom. The molecule has 2 N–H and O–H groups in total. The fraction of sp³-hybridized carbons (Fsp3) is 0.217. The molecule has 0 aliphatic heterocycles. The molecule has 0 heterocycles. The molecule has 0 saturated carbocycles. The summed E-state index contributed by atoms with van der Waals surface area (Å²) in [6, 6.07) is 27.1. The van der Waals surface area contributed by atoms with Gasteiger partial charge in [-0.25, -0.2) is 0 Å². The molecule has 3 aromatic carbocycles. The Morgan fingerprint density at radius 1 is 0.885 bits per heavy atom. The van der Waals surface area contributed by atoms with E-state index in [1.54, 1.807) is 0 Å². The largest absolute Gasteiger partial charge is 0.387 e. The molecule has 3 rings (SSSR count). The number of hydrogen-bond donors (Lipinski definition) is 2. The molecule has 3 heteroatoms. The van der Waals surface area contributed by atoms with Crippen molar-refractivity contribution < 1.29 is 5.11 Å². The molecular weight excluding hydrogens is 337 g/mol. The molecule has 3 atom stereocenters. The van der Waals surface area contributed by atoms with Crippen LogP contribution >= 0.6 is 8.58 Å². The maximum Gasteiger partial charge on any atom is 0.0940 e. The normalized spacial score (nSPS) is 13.8. The van der Waals surface area contributed by atoms with Crippen LogP contribution in [0.5, 0.6) is 0 Å². The molecule has 0 fully saturated rings. The van der Waals surface area contributed by atoms with E-state index in [2.05, 4.69) is 60.8 Å². The minimum Gasteiger partial charge on any atom is -0.387 e. The van der Waals surface area contributed by atoms with Crippen LogP contribution in [0.1, 0.15) is 24.2 Å². The van der Waals surface area contributed by atoms with Gasteiger partial charge in [0.2, 0.25) is 0 Å². The highest BCUT2D eigenvalue weighted by Gasteiger charge is 2.15. The van der Waals surface area contributed by atoms with Crippen LogP contribution in [0.3, 0.4) is 0 Å². The predicted octanol–water partition coefficient (Wildman–Crippen LogP) is 4.64. The molecule has 0 bridgehead atoms. The molecule has 0 aliphatic carbocycles. The zero-order valence-electron chi connectivity index (χ0n) is 15.3.